The van der Waals surface area contributed by atoms with E-state index in [0.717, 1.165) is 17.1 Å². The minimum Gasteiger partial charge on any atom is -0.370 e. The highest BCUT2D eigenvalue weighted by Gasteiger charge is 2.14. The zero-order valence-corrected chi connectivity index (χ0v) is 12.8. The molecule has 3 aromatic rings. The summed E-state index contributed by atoms with van der Waals surface area (Å²) in [5.41, 5.74) is 12.4. The molecule has 0 aliphatic rings. The molecule has 3 rings (SSSR count). The third-order valence-corrected chi connectivity index (χ3v) is 3.59. The Balaban J connectivity index is 2.27. The van der Waals surface area contributed by atoms with Gasteiger partial charge in [-0.2, -0.15) is 4.99 Å². The molecule has 0 fully saturated rings. The number of guanidine groups is 1. The highest BCUT2D eigenvalue weighted by molar-refractivity contribution is 6.06. The number of nitrogens with two attached hydrogens (primary N) is 2. The Bertz CT molecular complexity index is 980. The zero-order valence-electron chi connectivity index (χ0n) is 12.8. The highest BCUT2D eigenvalue weighted by Crippen LogP contribution is 2.30. The molecule has 0 atom stereocenters. The number of carbonyl (C=O) groups is 1. The van der Waals surface area contributed by atoms with Crippen LogP contribution in [0.3, 0.4) is 0 Å². The van der Waals surface area contributed by atoms with Gasteiger partial charge in [-0.05, 0) is 36.1 Å². The quantitative estimate of drug-likeness (QED) is 0.555. The first-order valence-electron chi connectivity index (χ1n) is 7.10. The summed E-state index contributed by atoms with van der Waals surface area (Å²) < 4.78 is 14.1. The number of aryl methyl sites for hydroxylation is 1. The number of pyridine rings is 2. The van der Waals surface area contributed by atoms with Gasteiger partial charge in [0.15, 0.2) is 11.8 Å². The summed E-state index contributed by atoms with van der Waals surface area (Å²) in [6, 6.07) is 6.54. The summed E-state index contributed by atoms with van der Waals surface area (Å²) in [4.78, 5) is 23.7. The Morgan fingerprint density at radius 1 is 1.17 bits per heavy atom. The van der Waals surface area contributed by atoms with Gasteiger partial charge in [-0.15, -0.1) is 0 Å². The monoisotopic (exact) mass is 323 g/mol. The van der Waals surface area contributed by atoms with Crippen LogP contribution in [0.25, 0.3) is 22.0 Å². The lowest BCUT2D eigenvalue weighted by atomic mass is 9.99. The van der Waals surface area contributed by atoms with Gasteiger partial charge in [0.2, 0.25) is 0 Å². The number of nitrogens with zero attached hydrogens (tertiary/aromatic N) is 3. The molecule has 7 heteroatoms. The molecule has 0 saturated heterocycles. The smallest absolute Gasteiger partial charge is 0.280 e. The number of aromatic nitrogens is 2. The lowest BCUT2D eigenvalue weighted by molar-refractivity contribution is 0.100. The van der Waals surface area contributed by atoms with Crippen molar-refractivity contribution in [3.05, 3.63) is 59.8 Å². The molecule has 0 saturated carbocycles. The lowest BCUT2D eigenvalue weighted by Crippen LogP contribution is -2.24. The average molecular weight is 323 g/mol. The van der Waals surface area contributed by atoms with Crippen molar-refractivity contribution in [1.29, 1.82) is 0 Å². The first-order chi connectivity index (χ1) is 11.5. The molecule has 0 radical (unpaired) electrons. The van der Waals surface area contributed by atoms with Crippen molar-refractivity contribution >= 4 is 22.6 Å². The van der Waals surface area contributed by atoms with E-state index >= 15 is 0 Å². The molecule has 120 valence electrons. The van der Waals surface area contributed by atoms with Gasteiger partial charge in [0.05, 0.1) is 11.9 Å². The molecule has 0 unspecified atom stereocenters. The number of halogens is 1. The van der Waals surface area contributed by atoms with Gasteiger partial charge in [0, 0.05) is 28.9 Å². The van der Waals surface area contributed by atoms with Crippen molar-refractivity contribution in [3.63, 3.8) is 0 Å². The molecule has 2 aromatic heterocycles. The van der Waals surface area contributed by atoms with E-state index in [4.69, 9.17) is 11.5 Å². The molecule has 0 aliphatic heterocycles. The summed E-state index contributed by atoms with van der Waals surface area (Å²) in [5, 5.41) is 1.49. The van der Waals surface area contributed by atoms with E-state index in [9.17, 15) is 9.18 Å². The Labute approximate surface area is 137 Å². The summed E-state index contributed by atoms with van der Waals surface area (Å²) in [5.74, 6) is -1.38. The minimum atomic E-state index is -0.570. The van der Waals surface area contributed by atoms with Crippen LogP contribution in [0.1, 0.15) is 15.9 Å². The lowest BCUT2D eigenvalue weighted by Gasteiger charge is -2.10. The maximum absolute atomic E-state index is 14.1. The van der Waals surface area contributed by atoms with Crippen molar-refractivity contribution in [3.8, 4) is 11.3 Å². The molecule has 1 amide bonds. The number of hydrogen-bond acceptors (Lipinski definition) is 3. The normalized spacial score (nSPS) is 10.6. The van der Waals surface area contributed by atoms with E-state index in [-0.39, 0.29) is 5.96 Å². The topological polar surface area (TPSA) is 107 Å². The molecule has 2 heterocycles. The zero-order chi connectivity index (χ0) is 17.3. The van der Waals surface area contributed by atoms with E-state index in [1.807, 2.05) is 6.92 Å². The predicted molar refractivity (Wildman–Crippen MR) is 89.8 cm³/mol. The second-order valence-corrected chi connectivity index (χ2v) is 5.25. The Kier molecular flexibility index (Phi) is 3.91. The molecule has 0 bridgehead atoms. The molecule has 24 heavy (non-hydrogen) atoms. The summed E-state index contributed by atoms with van der Waals surface area (Å²) in [6.45, 7) is 1.89. The van der Waals surface area contributed by atoms with Gasteiger partial charge >= 0.3 is 0 Å². The van der Waals surface area contributed by atoms with Gasteiger partial charge < -0.3 is 11.5 Å². The van der Waals surface area contributed by atoms with Crippen LogP contribution in [0.15, 0.2) is 47.8 Å². The molecular formula is C17H14FN5O. The van der Waals surface area contributed by atoms with E-state index in [1.54, 1.807) is 24.4 Å². The molecule has 0 spiro atoms. The Morgan fingerprint density at radius 3 is 2.67 bits per heavy atom. The number of carbonyl (C=O) groups excluding carboxylic acids is 1. The fourth-order valence-corrected chi connectivity index (χ4v) is 2.48. The van der Waals surface area contributed by atoms with Crippen LogP contribution in [0.2, 0.25) is 0 Å². The van der Waals surface area contributed by atoms with Crippen LogP contribution >= 0.6 is 0 Å². The molecule has 4 N–H and O–H groups in total. The van der Waals surface area contributed by atoms with Crippen LogP contribution in [0, 0.1) is 12.7 Å². The number of aliphatic imine (C=N–C) groups is 1. The van der Waals surface area contributed by atoms with Gasteiger partial charge in [-0.25, -0.2) is 4.39 Å². The second kappa shape index (κ2) is 6.04. The third kappa shape index (κ3) is 2.79. The van der Waals surface area contributed by atoms with Gasteiger partial charge in [-0.1, -0.05) is 6.07 Å². The number of benzene rings is 1. The van der Waals surface area contributed by atoms with E-state index in [0.29, 0.717) is 22.2 Å². The van der Waals surface area contributed by atoms with Crippen LogP contribution in [-0.4, -0.2) is 21.8 Å². The van der Waals surface area contributed by atoms with Crippen LogP contribution in [-0.2, 0) is 0 Å². The average Bonchev–Trinajstić information content (AvgIpc) is 2.55. The fraction of sp³-hybridized carbons (Fsp3) is 0.0588. The largest absolute Gasteiger partial charge is 0.370 e. The van der Waals surface area contributed by atoms with E-state index in [1.165, 1.54) is 12.3 Å². The second-order valence-electron chi connectivity index (χ2n) is 5.25. The first-order valence-corrected chi connectivity index (χ1v) is 7.10. The number of fused-ring (bicyclic) bond motifs is 1. The Hall–Kier alpha value is -3.35. The van der Waals surface area contributed by atoms with Gasteiger partial charge in [0.1, 0.15) is 0 Å². The van der Waals surface area contributed by atoms with Crippen molar-refractivity contribution < 1.29 is 9.18 Å². The molecule has 1 aromatic carbocycles. The van der Waals surface area contributed by atoms with Crippen LogP contribution in [0.4, 0.5) is 4.39 Å². The maximum Gasteiger partial charge on any atom is 0.280 e. The Morgan fingerprint density at radius 2 is 1.96 bits per heavy atom. The number of hydrogen-bond donors (Lipinski definition) is 2. The van der Waals surface area contributed by atoms with Gasteiger partial charge in [0.25, 0.3) is 5.91 Å². The summed E-state index contributed by atoms with van der Waals surface area (Å²) >= 11 is 0. The SMILES string of the molecule is Cc1cnc(-c2ccncc2F)c2cc(C(=O)N=C(N)N)ccc12. The minimum absolute atomic E-state index is 0.291. The van der Waals surface area contributed by atoms with Crippen molar-refractivity contribution in [2.45, 2.75) is 6.92 Å². The summed E-state index contributed by atoms with van der Waals surface area (Å²) in [7, 11) is 0. The molecule has 0 aliphatic carbocycles. The molecule has 6 nitrogen and oxygen atoms in total. The van der Waals surface area contributed by atoms with Crippen molar-refractivity contribution in [2.75, 3.05) is 0 Å². The fourth-order valence-electron chi connectivity index (χ4n) is 2.48. The van der Waals surface area contributed by atoms with E-state index < -0.39 is 11.7 Å². The first kappa shape index (κ1) is 15.5. The summed E-state index contributed by atoms with van der Waals surface area (Å²) in [6.07, 6.45) is 4.27. The van der Waals surface area contributed by atoms with E-state index in [2.05, 4.69) is 15.0 Å². The molecular weight excluding hydrogens is 309 g/mol. The third-order valence-electron chi connectivity index (χ3n) is 3.59. The van der Waals surface area contributed by atoms with Crippen LogP contribution in [0.5, 0.6) is 0 Å². The standard InChI is InChI=1S/C17H14FN5O/c1-9-7-22-15(12-4-5-21-8-14(12)18)13-6-10(2-3-11(9)13)16(24)23-17(19)20/h2-8H,1H3,(H4,19,20,23,24). The van der Waals surface area contributed by atoms with Crippen molar-refractivity contribution in [1.82, 2.24) is 9.97 Å². The van der Waals surface area contributed by atoms with Crippen LogP contribution < -0.4 is 11.5 Å². The van der Waals surface area contributed by atoms with Gasteiger partial charge in [-0.3, -0.25) is 14.8 Å². The number of rotatable bonds is 2. The number of amides is 1. The predicted octanol–water partition coefficient (Wildman–Crippen LogP) is 2.16. The highest BCUT2D eigenvalue weighted by atomic mass is 19.1. The maximum atomic E-state index is 14.1. The van der Waals surface area contributed by atoms with Crippen molar-refractivity contribution in [2.24, 2.45) is 16.5 Å².